The fourth-order valence-electron chi connectivity index (χ4n) is 1.15. The molecule has 3 N–H and O–H groups in total. The number of ether oxygens (including phenoxy) is 1. The van der Waals surface area contributed by atoms with E-state index in [9.17, 15) is 9.59 Å². The Hall–Kier alpha value is -1.56. The third kappa shape index (κ3) is 3.25. The molecule has 6 nitrogen and oxygen atoms in total. The third-order valence-corrected chi connectivity index (χ3v) is 1.83. The van der Waals surface area contributed by atoms with Gasteiger partial charge in [-0.15, -0.1) is 0 Å². The van der Waals surface area contributed by atoms with Gasteiger partial charge in [-0.1, -0.05) is 0 Å². The van der Waals surface area contributed by atoms with Crippen LogP contribution >= 0.6 is 0 Å². The molecule has 0 saturated carbocycles. The molecule has 0 bridgehead atoms. The van der Waals surface area contributed by atoms with Crippen molar-refractivity contribution in [3.8, 4) is 0 Å². The summed E-state index contributed by atoms with van der Waals surface area (Å²) in [4.78, 5) is 24.3. The van der Waals surface area contributed by atoms with Crippen LogP contribution in [0.2, 0.25) is 0 Å². The second kappa shape index (κ2) is 4.79. The molecule has 84 valence electrons. The van der Waals surface area contributed by atoms with Crippen molar-refractivity contribution >= 4 is 5.82 Å². The summed E-state index contributed by atoms with van der Waals surface area (Å²) in [5, 5.41) is 0. The van der Waals surface area contributed by atoms with E-state index in [1.807, 2.05) is 13.8 Å². The Kier molecular flexibility index (Phi) is 3.68. The number of aromatic nitrogens is 2. The maximum Gasteiger partial charge on any atom is 0.329 e. The highest BCUT2D eigenvalue weighted by Gasteiger charge is 2.02. The van der Waals surface area contributed by atoms with Crippen molar-refractivity contribution in [3.63, 3.8) is 0 Å². The molecule has 0 aliphatic heterocycles. The van der Waals surface area contributed by atoms with Crippen molar-refractivity contribution in [2.45, 2.75) is 26.5 Å². The third-order valence-electron chi connectivity index (χ3n) is 1.83. The zero-order valence-corrected chi connectivity index (χ0v) is 8.82. The van der Waals surface area contributed by atoms with E-state index in [1.165, 1.54) is 10.6 Å². The highest BCUT2D eigenvalue weighted by molar-refractivity contribution is 5.25. The van der Waals surface area contributed by atoms with E-state index in [1.54, 1.807) is 0 Å². The maximum absolute atomic E-state index is 11.3. The molecule has 0 aromatic carbocycles. The summed E-state index contributed by atoms with van der Waals surface area (Å²) in [5.74, 6) is 0.149. The average molecular weight is 213 g/mol. The number of aromatic amines is 1. The normalized spacial score (nSPS) is 10.9. The lowest BCUT2D eigenvalue weighted by atomic mass is 10.5. The number of nitrogens with one attached hydrogen (secondary N) is 1. The van der Waals surface area contributed by atoms with Crippen LogP contribution in [0.1, 0.15) is 13.8 Å². The second-order valence-corrected chi connectivity index (χ2v) is 3.43. The molecule has 15 heavy (non-hydrogen) atoms. The first kappa shape index (κ1) is 11.5. The first-order valence-electron chi connectivity index (χ1n) is 4.72. The maximum atomic E-state index is 11.3. The minimum atomic E-state index is -0.507. The average Bonchev–Trinajstić information content (AvgIpc) is 2.08. The Bertz CT molecular complexity index is 433. The van der Waals surface area contributed by atoms with Gasteiger partial charge in [0.1, 0.15) is 5.82 Å². The van der Waals surface area contributed by atoms with Gasteiger partial charge in [-0.2, -0.15) is 0 Å². The molecule has 1 aromatic heterocycles. The van der Waals surface area contributed by atoms with Crippen molar-refractivity contribution in [2.24, 2.45) is 0 Å². The van der Waals surface area contributed by atoms with E-state index in [-0.39, 0.29) is 11.9 Å². The summed E-state index contributed by atoms with van der Waals surface area (Å²) in [5.41, 5.74) is 4.53. The van der Waals surface area contributed by atoms with Gasteiger partial charge in [-0.25, -0.2) is 4.79 Å². The smallest absolute Gasteiger partial charge is 0.329 e. The van der Waals surface area contributed by atoms with E-state index in [4.69, 9.17) is 10.5 Å². The number of hydrogen-bond donors (Lipinski definition) is 2. The molecule has 0 atom stereocenters. The number of rotatable bonds is 4. The van der Waals surface area contributed by atoms with Crippen molar-refractivity contribution in [1.82, 2.24) is 9.55 Å². The summed E-state index contributed by atoms with van der Waals surface area (Å²) >= 11 is 0. The number of nitrogen functional groups attached to an aromatic ring is 1. The lowest BCUT2D eigenvalue weighted by Gasteiger charge is -2.10. The Morgan fingerprint density at radius 1 is 1.53 bits per heavy atom. The van der Waals surface area contributed by atoms with Gasteiger partial charge in [-0.05, 0) is 13.8 Å². The van der Waals surface area contributed by atoms with Gasteiger partial charge in [0.2, 0.25) is 0 Å². The first-order chi connectivity index (χ1) is 7.00. The Labute approximate surface area is 86.7 Å². The van der Waals surface area contributed by atoms with E-state index in [2.05, 4.69) is 4.98 Å². The van der Waals surface area contributed by atoms with Crippen LogP contribution < -0.4 is 17.0 Å². The largest absolute Gasteiger partial charge is 0.385 e. The minimum Gasteiger partial charge on any atom is -0.385 e. The molecule has 0 amide bonds. The first-order valence-corrected chi connectivity index (χ1v) is 4.72. The van der Waals surface area contributed by atoms with Gasteiger partial charge in [0.25, 0.3) is 5.56 Å². The van der Waals surface area contributed by atoms with E-state index in [0.717, 1.165) is 0 Å². The molecule has 0 spiro atoms. The predicted octanol–water partition coefficient (Wildman–Crippen LogP) is -0.456. The van der Waals surface area contributed by atoms with Crippen molar-refractivity contribution in [1.29, 1.82) is 0 Å². The molecule has 0 saturated heterocycles. The molecule has 0 fully saturated rings. The summed E-state index contributed by atoms with van der Waals surface area (Å²) in [6, 6.07) is 1.18. The van der Waals surface area contributed by atoms with Crippen LogP contribution in [0.4, 0.5) is 5.82 Å². The van der Waals surface area contributed by atoms with Crippen molar-refractivity contribution in [3.05, 3.63) is 26.9 Å². The molecule has 0 unspecified atom stereocenters. The topological polar surface area (TPSA) is 90.1 Å². The van der Waals surface area contributed by atoms with Crippen LogP contribution in [0.5, 0.6) is 0 Å². The molecule has 1 heterocycles. The fourth-order valence-corrected chi connectivity index (χ4v) is 1.15. The Balaban J connectivity index is 2.77. The van der Waals surface area contributed by atoms with E-state index >= 15 is 0 Å². The van der Waals surface area contributed by atoms with E-state index < -0.39 is 11.2 Å². The zero-order valence-electron chi connectivity index (χ0n) is 8.82. The molecule has 1 rings (SSSR count). The van der Waals surface area contributed by atoms with Gasteiger partial charge in [-0.3, -0.25) is 14.3 Å². The van der Waals surface area contributed by atoms with Crippen LogP contribution in [0.15, 0.2) is 15.7 Å². The summed E-state index contributed by atoms with van der Waals surface area (Å²) < 4.78 is 6.55. The fraction of sp³-hybridized carbons (Fsp3) is 0.556. The van der Waals surface area contributed by atoms with Gasteiger partial charge >= 0.3 is 5.69 Å². The molecular weight excluding hydrogens is 198 g/mol. The standard InChI is InChI=1S/C9H15N3O3/c1-6(2)15-4-3-12-7(10)5-8(13)11-9(12)14/h5-6H,3-4,10H2,1-2H3,(H,11,13,14). The number of H-pyrrole nitrogens is 1. The van der Waals surface area contributed by atoms with Crippen LogP contribution in [0.3, 0.4) is 0 Å². The van der Waals surface area contributed by atoms with Crippen LogP contribution in [0.25, 0.3) is 0 Å². The Morgan fingerprint density at radius 3 is 2.73 bits per heavy atom. The van der Waals surface area contributed by atoms with Crippen molar-refractivity contribution in [2.75, 3.05) is 12.3 Å². The van der Waals surface area contributed by atoms with Crippen LogP contribution in [0, 0.1) is 0 Å². The highest BCUT2D eigenvalue weighted by Crippen LogP contribution is 1.94. The SMILES string of the molecule is CC(C)OCCn1c(N)cc(=O)[nH]c1=O. The molecule has 1 aromatic rings. The summed E-state index contributed by atoms with van der Waals surface area (Å²) in [7, 11) is 0. The monoisotopic (exact) mass is 213 g/mol. The highest BCUT2D eigenvalue weighted by atomic mass is 16.5. The number of nitrogens with zero attached hydrogens (tertiary/aromatic N) is 1. The zero-order chi connectivity index (χ0) is 11.4. The second-order valence-electron chi connectivity index (χ2n) is 3.43. The van der Waals surface area contributed by atoms with Gasteiger partial charge < -0.3 is 10.5 Å². The summed E-state index contributed by atoms with van der Waals surface area (Å²) in [6.45, 7) is 4.52. The molecule has 0 radical (unpaired) electrons. The van der Waals surface area contributed by atoms with Gasteiger partial charge in [0, 0.05) is 6.07 Å². The molecule has 0 aliphatic carbocycles. The lowest BCUT2D eigenvalue weighted by molar-refractivity contribution is 0.0723. The lowest BCUT2D eigenvalue weighted by Crippen LogP contribution is -2.32. The molecule has 6 heteroatoms. The number of nitrogens with two attached hydrogens (primary N) is 1. The van der Waals surface area contributed by atoms with Crippen molar-refractivity contribution < 1.29 is 4.74 Å². The van der Waals surface area contributed by atoms with Crippen LogP contribution in [-0.2, 0) is 11.3 Å². The van der Waals surface area contributed by atoms with Gasteiger partial charge in [0.15, 0.2) is 0 Å². The summed E-state index contributed by atoms with van der Waals surface area (Å²) in [6.07, 6.45) is 0.102. The number of anilines is 1. The Morgan fingerprint density at radius 2 is 2.20 bits per heavy atom. The quantitative estimate of drug-likeness (QED) is 0.708. The van der Waals surface area contributed by atoms with E-state index in [0.29, 0.717) is 13.2 Å². The molecule has 0 aliphatic rings. The molecular formula is C9H15N3O3. The number of hydrogen-bond acceptors (Lipinski definition) is 4. The van der Waals surface area contributed by atoms with Crippen LogP contribution in [-0.4, -0.2) is 22.3 Å². The van der Waals surface area contributed by atoms with Gasteiger partial charge in [0.05, 0.1) is 19.3 Å². The predicted molar refractivity (Wildman–Crippen MR) is 56.8 cm³/mol. The minimum absolute atomic E-state index is 0.102.